The van der Waals surface area contributed by atoms with Gasteiger partial charge in [-0.05, 0) is 26.3 Å². The fraction of sp³-hybridized carbons (Fsp3) is 0.800. The van der Waals surface area contributed by atoms with Gasteiger partial charge in [0.05, 0.1) is 5.92 Å². The average Bonchev–Trinajstić information content (AvgIpc) is 2.17. The standard InChI is InChI=1S/C10H19N3O2.ClH/c1-7-8(3-2-5-12-7)10(15)13-6-4-9(11)14;/h7-8,12H,2-6H2,1H3,(H2,11,14)(H,13,15);1H/t7-,8-;/m1./s1. The van der Waals surface area contributed by atoms with Crippen LogP contribution >= 0.6 is 12.4 Å². The monoisotopic (exact) mass is 249 g/mol. The van der Waals surface area contributed by atoms with E-state index in [1.165, 1.54) is 0 Å². The molecule has 2 amide bonds. The van der Waals surface area contributed by atoms with E-state index in [1.807, 2.05) is 6.92 Å². The molecular weight excluding hydrogens is 230 g/mol. The molecule has 0 aromatic heterocycles. The minimum absolute atomic E-state index is 0. The van der Waals surface area contributed by atoms with Crippen LogP contribution in [0, 0.1) is 5.92 Å². The molecule has 6 heteroatoms. The topological polar surface area (TPSA) is 84.2 Å². The molecule has 1 aliphatic rings. The van der Waals surface area contributed by atoms with Gasteiger partial charge in [0.2, 0.25) is 11.8 Å². The van der Waals surface area contributed by atoms with Gasteiger partial charge < -0.3 is 16.4 Å². The number of hydrogen-bond donors (Lipinski definition) is 3. The zero-order valence-electron chi connectivity index (χ0n) is 9.49. The first-order chi connectivity index (χ1) is 7.11. The molecule has 1 saturated heterocycles. The van der Waals surface area contributed by atoms with Crippen LogP contribution < -0.4 is 16.4 Å². The number of primary amides is 1. The number of carbonyl (C=O) groups is 2. The second-order valence-electron chi connectivity index (χ2n) is 4.00. The lowest BCUT2D eigenvalue weighted by Crippen LogP contribution is -2.47. The highest BCUT2D eigenvalue weighted by atomic mass is 35.5. The predicted octanol–water partition coefficient (Wildman–Crippen LogP) is -0.212. The van der Waals surface area contributed by atoms with E-state index in [-0.39, 0.29) is 42.6 Å². The molecular formula is C10H20ClN3O2. The van der Waals surface area contributed by atoms with Crippen LogP contribution in [0.15, 0.2) is 0 Å². The molecule has 4 N–H and O–H groups in total. The molecule has 0 bridgehead atoms. The van der Waals surface area contributed by atoms with Crippen molar-refractivity contribution in [3.8, 4) is 0 Å². The Kier molecular flexibility index (Phi) is 7.08. The highest BCUT2D eigenvalue weighted by molar-refractivity contribution is 5.85. The Morgan fingerprint density at radius 3 is 2.75 bits per heavy atom. The van der Waals surface area contributed by atoms with Crippen LogP contribution in [0.25, 0.3) is 0 Å². The number of carbonyl (C=O) groups excluding carboxylic acids is 2. The fourth-order valence-corrected chi connectivity index (χ4v) is 1.84. The van der Waals surface area contributed by atoms with Crippen LogP contribution in [0.3, 0.4) is 0 Å². The smallest absolute Gasteiger partial charge is 0.224 e. The zero-order chi connectivity index (χ0) is 11.3. The van der Waals surface area contributed by atoms with Crippen molar-refractivity contribution in [2.24, 2.45) is 11.7 Å². The van der Waals surface area contributed by atoms with Gasteiger partial charge >= 0.3 is 0 Å². The minimum Gasteiger partial charge on any atom is -0.370 e. The lowest BCUT2D eigenvalue weighted by molar-refractivity contribution is -0.126. The lowest BCUT2D eigenvalue weighted by Gasteiger charge is -2.28. The minimum atomic E-state index is -0.384. The van der Waals surface area contributed by atoms with E-state index in [1.54, 1.807) is 0 Å². The lowest BCUT2D eigenvalue weighted by atomic mass is 9.91. The number of halogens is 1. The molecule has 2 atom stereocenters. The van der Waals surface area contributed by atoms with Gasteiger partial charge in [0.1, 0.15) is 0 Å². The molecule has 0 radical (unpaired) electrons. The summed E-state index contributed by atoms with van der Waals surface area (Å²) < 4.78 is 0. The van der Waals surface area contributed by atoms with Gasteiger partial charge in [-0.1, -0.05) is 0 Å². The van der Waals surface area contributed by atoms with Crippen molar-refractivity contribution in [3.05, 3.63) is 0 Å². The summed E-state index contributed by atoms with van der Waals surface area (Å²) >= 11 is 0. The first-order valence-electron chi connectivity index (χ1n) is 5.40. The molecule has 0 aromatic carbocycles. The van der Waals surface area contributed by atoms with Crippen LogP contribution in [-0.4, -0.2) is 30.9 Å². The van der Waals surface area contributed by atoms with Crippen molar-refractivity contribution in [2.45, 2.75) is 32.2 Å². The van der Waals surface area contributed by atoms with Crippen molar-refractivity contribution < 1.29 is 9.59 Å². The molecule has 1 fully saturated rings. The van der Waals surface area contributed by atoms with Crippen LogP contribution in [0.4, 0.5) is 0 Å². The molecule has 16 heavy (non-hydrogen) atoms. The van der Waals surface area contributed by atoms with Gasteiger partial charge in [0.15, 0.2) is 0 Å². The first kappa shape index (κ1) is 15.2. The first-order valence-corrected chi connectivity index (χ1v) is 5.40. The fourth-order valence-electron chi connectivity index (χ4n) is 1.84. The molecule has 0 saturated carbocycles. The number of nitrogens with two attached hydrogens (primary N) is 1. The summed E-state index contributed by atoms with van der Waals surface area (Å²) in [7, 11) is 0. The summed E-state index contributed by atoms with van der Waals surface area (Å²) in [4.78, 5) is 22.2. The summed E-state index contributed by atoms with van der Waals surface area (Å²) in [5.41, 5.74) is 4.98. The maximum atomic E-state index is 11.7. The number of piperidine rings is 1. The van der Waals surface area contributed by atoms with E-state index in [2.05, 4.69) is 10.6 Å². The second kappa shape index (κ2) is 7.46. The Labute approximate surface area is 102 Å². The molecule has 0 unspecified atom stereocenters. The Bertz CT molecular complexity index is 248. The van der Waals surface area contributed by atoms with Gasteiger partial charge in [-0.25, -0.2) is 0 Å². The highest BCUT2D eigenvalue weighted by Gasteiger charge is 2.26. The molecule has 0 spiro atoms. The van der Waals surface area contributed by atoms with E-state index >= 15 is 0 Å². The largest absolute Gasteiger partial charge is 0.370 e. The Morgan fingerprint density at radius 2 is 2.19 bits per heavy atom. The van der Waals surface area contributed by atoms with Crippen LogP contribution in [0.1, 0.15) is 26.2 Å². The van der Waals surface area contributed by atoms with Gasteiger partial charge in [0.25, 0.3) is 0 Å². The zero-order valence-corrected chi connectivity index (χ0v) is 10.3. The average molecular weight is 250 g/mol. The molecule has 1 aliphatic heterocycles. The number of rotatable bonds is 4. The van der Waals surface area contributed by atoms with E-state index in [4.69, 9.17) is 5.73 Å². The molecule has 1 rings (SSSR count). The Balaban J connectivity index is 0.00000225. The molecule has 5 nitrogen and oxygen atoms in total. The van der Waals surface area contributed by atoms with Crippen molar-refractivity contribution in [1.82, 2.24) is 10.6 Å². The summed E-state index contributed by atoms with van der Waals surface area (Å²) in [6.45, 7) is 3.33. The van der Waals surface area contributed by atoms with Gasteiger partial charge in [0, 0.05) is 19.0 Å². The quantitative estimate of drug-likeness (QED) is 0.645. The third-order valence-corrected chi connectivity index (χ3v) is 2.77. The number of amides is 2. The van der Waals surface area contributed by atoms with E-state index in [0.717, 1.165) is 19.4 Å². The van der Waals surface area contributed by atoms with E-state index in [0.29, 0.717) is 6.54 Å². The van der Waals surface area contributed by atoms with Crippen LogP contribution in [0.2, 0.25) is 0 Å². The number of hydrogen-bond acceptors (Lipinski definition) is 3. The summed E-state index contributed by atoms with van der Waals surface area (Å²) in [5, 5.41) is 5.99. The van der Waals surface area contributed by atoms with Gasteiger partial charge in [-0.15, -0.1) is 12.4 Å². The van der Waals surface area contributed by atoms with Gasteiger partial charge in [-0.3, -0.25) is 9.59 Å². The summed E-state index contributed by atoms with van der Waals surface area (Å²) in [6.07, 6.45) is 2.15. The molecule has 94 valence electrons. The maximum absolute atomic E-state index is 11.7. The van der Waals surface area contributed by atoms with Crippen molar-refractivity contribution in [2.75, 3.05) is 13.1 Å². The SMILES string of the molecule is C[C@H]1NCCC[C@H]1C(=O)NCCC(N)=O.Cl. The normalized spacial score (nSPS) is 24.3. The predicted molar refractivity (Wildman–Crippen MR) is 64.3 cm³/mol. The van der Waals surface area contributed by atoms with Crippen molar-refractivity contribution in [1.29, 1.82) is 0 Å². The summed E-state index contributed by atoms with van der Waals surface area (Å²) in [5.74, 6) is -0.340. The van der Waals surface area contributed by atoms with E-state index < -0.39 is 0 Å². The van der Waals surface area contributed by atoms with Crippen LogP contribution in [-0.2, 0) is 9.59 Å². The van der Waals surface area contributed by atoms with E-state index in [9.17, 15) is 9.59 Å². The molecule has 0 aliphatic carbocycles. The third kappa shape index (κ3) is 4.81. The van der Waals surface area contributed by atoms with Crippen molar-refractivity contribution >= 4 is 24.2 Å². The maximum Gasteiger partial charge on any atom is 0.224 e. The highest BCUT2D eigenvalue weighted by Crippen LogP contribution is 2.15. The third-order valence-electron chi connectivity index (χ3n) is 2.77. The van der Waals surface area contributed by atoms with Crippen LogP contribution in [0.5, 0.6) is 0 Å². The second-order valence-corrected chi connectivity index (χ2v) is 4.00. The molecule has 1 heterocycles. The summed E-state index contributed by atoms with van der Waals surface area (Å²) in [6, 6.07) is 0.215. The van der Waals surface area contributed by atoms with Crippen molar-refractivity contribution in [3.63, 3.8) is 0 Å². The Morgan fingerprint density at radius 1 is 1.50 bits per heavy atom. The molecule has 0 aromatic rings. The van der Waals surface area contributed by atoms with Gasteiger partial charge in [-0.2, -0.15) is 0 Å². The number of nitrogens with one attached hydrogen (secondary N) is 2. The Hall–Kier alpha value is -0.810.